The molecule has 2 rings (SSSR count). The first-order valence-corrected chi connectivity index (χ1v) is 8.82. The van der Waals surface area contributed by atoms with Crippen LogP contribution in [0, 0.1) is 13.8 Å². The molecule has 136 valence electrons. The van der Waals surface area contributed by atoms with Crippen LogP contribution in [0.5, 0.6) is 5.75 Å². The fraction of sp³-hybridized carbons (Fsp3) is 0.211. The van der Waals surface area contributed by atoms with E-state index in [0.717, 1.165) is 21.3 Å². The Labute approximate surface area is 160 Å². The van der Waals surface area contributed by atoms with Crippen molar-refractivity contribution in [1.82, 2.24) is 5.43 Å². The minimum Gasteiger partial charge on any atom is -0.507 e. The number of phenolic OH excluding ortho intramolecular Hbond substituents is 1. The first-order valence-electron chi connectivity index (χ1n) is 8.02. The summed E-state index contributed by atoms with van der Waals surface area (Å²) in [4.78, 5) is 23.7. The highest BCUT2D eigenvalue weighted by atomic mass is 79.9. The Hall–Kier alpha value is -2.67. The topological polar surface area (TPSA) is 90.8 Å². The SMILES string of the molecule is Cc1ccc(NC(=O)CCC(=O)N/N=C\c2cc(Br)ccc2O)c(C)c1. The number of amides is 2. The molecule has 0 fully saturated rings. The van der Waals surface area contributed by atoms with Gasteiger partial charge in [-0.25, -0.2) is 5.43 Å². The number of hydrogen-bond acceptors (Lipinski definition) is 4. The Bertz CT molecular complexity index is 850. The van der Waals surface area contributed by atoms with Gasteiger partial charge in [0, 0.05) is 28.6 Å². The summed E-state index contributed by atoms with van der Waals surface area (Å²) in [6.45, 7) is 3.90. The van der Waals surface area contributed by atoms with Gasteiger partial charge in [-0.2, -0.15) is 5.10 Å². The minimum atomic E-state index is -0.383. The number of carbonyl (C=O) groups is 2. The summed E-state index contributed by atoms with van der Waals surface area (Å²) in [6.07, 6.45) is 1.41. The maximum atomic E-state index is 12.0. The second kappa shape index (κ2) is 9.15. The Kier molecular flexibility index (Phi) is 6.91. The van der Waals surface area contributed by atoms with E-state index in [2.05, 4.69) is 31.8 Å². The molecule has 0 spiro atoms. The summed E-state index contributed by atoms with van der Waals surface area (Å²) in [5, 5.41) is 16.3. The molecular formula is C19H20BrN3O3. The molecule has 2 amide bonds. The van der Waals surface area contributed by atoms with Crippen LogP contribution in [0.1, 0.15) is 29.5 Å². The summed E-state index contributed by atoms with van der Waals surface area (Å²) in [6, 6.07) is 10.6. The lowest BCUT2D eigenvalue weighted by molar-refractivity contribution is -0.124. The van der Waals surface area contributed by atoms with Crippen LogP contribution in [-0.4, -0.2) is 23.1 Å². The van der Waals surface area contributed by atoms with Gasteiger partial charge in [-0.3, -0.25) is 9.59 Å². The van der Waals surface area contributed by atoms with Crippen LogP contribution in [-0.2, 0) is 9.59 Å². The standard InChI is InChI=1S/C19H20BrN3O3/c1-12-3-5-16(13(2)9-12)22-18(25)7-8-19(26)23-21-11-14-10-15(20)4-6-17(14)24/h3-6,9-11,24H,7-8H2,1-2H3,(H,22,25)(H,23,26)/b21-11-. The van der Waals surface area contributed by atoms with Crippen molar-refractivity contribution in [2.75, 3.05) is 5.32 Å². The monoisotopic (exact) mass is 417 g/mol. The lowest BCUT2D eigenvalue weighted by atomic mass is 10.1. The van der Waals surface area contributed by atoms with Gasteiger partial charge in [-0.1, -0.05) is 33.6 Å². The van der Waals surface area contributed by atoms with Crippen molar-refractivity contribution < 1.29 is 14.7 Å². The summed E-state index contributed by atoms with van der Waals surface area (Å²) in [5.41, 5.74) is 5.64. The number of halogens is 1. The maximum absolute atomic E-state index is 12.0. The van der Waals surface area contributed by atoms with Crippen molar-refractivity contribution >= 4 is 39.6 Å². The molecule has 26 heavy (non-hydrogen) atoms. The number of aromatic hydroxyl groups is 1. The quantitative estimate of drug-likeness (QED) is 0.494. The predicted molar refractivity (Wildman–Crippen MR) is 105 cm³/mol. The Morgan fingerprint density at radius 2 is 1.85 bits per heavy atom. The van der Waals surface area contributed by atoms with Gasteiger partial charge in [-0.05, 0) is 43.7 Å². The van der Waals surface area contributed by atoms with Crippen LogP contribution >= 0.6 is 15.9 Å². The number of hydrogen-bond donors (Lipinski definition) is 3. The van der Waals surface area contributed by atoms with Crippen molar-refractivity contribution in [3.05, 3.63) is 57.6 Å². The van der Waals surface area contributed by atoms with Crippen molar-refractivity contribution in [2.45, 2.75) is 26.7 Å². The first-order chi connectivity index (χ1) is 12.3. The first kappa shape index (κ1) is 19.7. The number of benzene rings is 2. The molecule has 0 unspecified atom stereocenters. The third-order valence-electron chi connectivity index (χ3n) is 3.62. The molecule has 0 radical (unpaired) electrons. The Morgan fingerprint density at radius 3 is 2.58 bits per heavy atom. The number of hydrazone groups is 1. The summed E-state index contributed by atoms with van der Waals surface area (Å²) < 4.78 is 0.783. The van der Waals surface area contributed by atoms with Crippen molar-refractivity contribution in [2.24, 2.45) is 5.10 Å². The van der Waals surface area contributed by atoms with E-state index in [4.69, 9.17) is 0 Å². The van der Waals surface area contributed by atoms with Gasteiger partial charge >= 0.3 is 0 Å². The van der Waals surface area contributed by atoms with Crippen molar-refractivity contribution in [3.63, 3.8) is 0 Å². The molecule has 3 N–H and O–H groups in total. The Balaban J connectivity index is 1.80. The molecule has 6 nitrogen and oxygen atoms in total. The van der Waals surface area contributed by atoms with E-state index in [1.54, 1.807) is 12.1 Å². The highest BCUT2D eigenvalue weighted by molar-refractivity contribution is 9.10. The number of rotatable bonds is 6. The van der Waals surface area contributed by atoms with E-state index >= 15 is 0 Å². The van der Waals surface area contributed by atoms with Gasteiger partial charge in [0.1, 0.15) is 5.75 Å². The van der Waals surface area contributed by atoms with Crippen LogP contribution in [0.4, 0.5) is 5.69 Å². The van der Waals surface area contributed by atoms with Crippen LogP contribution in [0.2, 0.25) is 0 Å². The second-order valence-corrected chi connectivity index (χ2v) is 6.78. The van der Waals surface area contributed by atoms with Crippen molar-refractivity contribution in [3.8, 4) is 5.75 Å². The van der Waals surface area contributed by atoms with E-state index in [-0.39, 0.29) is 30.4 Å². The average Bonchev–Trinajstić information content (AvgIpc) is 2.58. The highest BCUT2D eigenvalue weighted by Crippen LogP contribution is 2.20. The van der Waals surface area contributed by atoms with Gasteiger partial charge in [0.2, 0.25) is 11.8 Å². The van der Waals surface area contributed by atoms with E-state index in [0.29, 0.717) is 5.56 Å². The molecule has 0 aliphatic carbocycles. The number of nitrogens with one attached hydrogen (secondary N) is 2. The normalized spacial score (nSPS) is 10.7. The highest BCUT2D eigenvalue weighted by Gasteiger charge is 2.08. The van der Waals surface area contributed by atoms with Crippen LogP contribution < -0.4 is 10.7 Å². The van der Waals surface area contributed by atoms with Crippen LogP contribution in [0.25, 0.3) is 0 Å². The van der Waals surface area contributed by atoms with Crippen molar-refractivity contribution in [1.29, 1.82) is 0 Å². The molecule has 0 atom stereocenters. The number of nitrogens with zero attached hydrogens (tertiary/aromatic N) is 1. The van der Waals surface area contributed by atoms with Gasteiger partial charge in [-0.15, -0.1) is 0 Å². The largest absolute Gasteiger partial charge is 0.507 e. The zero-order chi connectivity index (χ0) is 19.1. The zero-order valence-corrected chi connectivity index (χ0v) is 16.1. The Morgan fingerprint density at radius 1 is 1.12 bits per heavy atom. The maximum Gasteiger partial charge on any atom is 0.240 e. The lowest BCUT2D eigenvalue weighted by Crippen LogP contribution is -2.20. The van der Waals surface area contributed by atoms with Gasteiger partial charge in [0.05, 0.1) is 6.21 Å². The summed E-state index contributed by atoms with van der Waals surface area (Å²) in [5.74, 6) is -0.564. The molecule has 0 bridgehead atoms. The molecule has 2 aromatic rings. The van der Waals surface area contributed by atoms with Gasteiger partial charge in [0.15, 0.2) is 0 Å². The molecule has 2 aromatic carbocycles. The number of phenols is 1. The van der Waals surface area contributed by atoms with E-state index < -0.39 is 0 Å². The van der Waals surface area contributed by atoms with E-state index in [1.807, 2.05) is 32.0 Å². The third kappa shape index (κ3) is 6.00. The van der Waals surface area contributed by atoms with E-state index in [1.165, 1.54) is 12.3 Å². The second-order valence-electron chi connectivity index (χ2n) is 5.86. The van der Waals surface area contributed by atoms with Gasteiger partial charge in [0.25, 0.3) is 0 Å². The molecule has 7 heteroatoms. The zero-order valence-electron chi connectivity index (χ0n) is 14.5. The molecule has 0 aliphatic heterocycles. The minimum absolute atomic E-state index is 0.0124. The van der Waals surface area contributed by atoms with Gasteiger partial charge < -0.3 is 10.4 Å². The molecule has 0 saturated heterocycles. The third-order valence-corrected chi connectivity index (χ3v) is 4.11. The lowest BCUT2D eigenvalue weighted by Gasteiger charge is -2.08. The molecular weight excluding hydrogens is 398 g/mol. The smallest absolute Gasteiger partial charge is 0.240 e. The fourth-order valence-corrected chi connectivity index (χ4v) is 2.63. The van der Waals surface area contributed by atoms with Crippen LogP contribution in [0.15, 0.2) is 46.0 Å². The molecule has 0 aliphatic rings. The average molecular weight is 418 g/mol. The van der Waals surface area contributed by atoms with E-state index in [9.17, 15) is 14.7 Å². The molecule has 0 aromatic heterocycles. The summed E-state index contributed by atoms with van der Waals surface area (Å²) in [7, 11) is 0. The predicted octanol–water partition coefficient (Wildman–Crippen LogP) is 3.64. The number of aryl methyl sites for hydroxylation is 2. The van der Waals surface area contributed by atoms with Crippen LogP contribution in [0.3, 0.4) is 0 Å². The molecule has 0 heterocycles. The molecule has 0 saturated carbocycles. The number of anilines is 1. The fourth-order valence-electron chi connectivity index (χ4n) is 2.25. The number of carbonyl (C=O) groups excluding carboxylic acids is 2. The summed E-state index contributed by atoms with van der Waals surface area (Å²) >= 11 is 3.29.